The predicted octanol–water partition coefficient (Wildman–Crippen LogP) is 6.98. The van der Waals surface area contributed by atoms with Gasteiger partial charge in [-0.2, -0.15) is 0 Å². The van der Waals surface area contributed by atoms with E-state index in [-0.39, 0.29) is 42.4 Å². The first-order valence-corrected chi connectivity index (χ1v) is 9.10. The summed E-state index contributed by atoms with van der Waals surface area (Å²) in [5, 5.41) is 17.6. The van der Waals surface area contributed by atoms with Crippen molar-refractivity contribution in [1.82, 2.24) is 0 Å². The van der Waals surface area contributed by atoms with Crippen molar-refractivity contribution in [3.8, 4) is 0 Å². The van der Waals surface area contributed by atoms with Crippen LogP contribution in [0.3, 0.4) is 0 Å². The van der Waals surface area contributed by atoms with E-state index in [0.29, 0.717) is 18.1 Å². The second-order valence-corrected chi connectivity index (χ2v) is 7.47. The second kappa shape index (κ2) is 17.7. The van der Waals surface area contributed by atoms with Crippen molar-refractivity contribution in [3.05, 3.63) is 13.2 Å². The smallest absolute Gasteiger partial charge is 0.0927 e. The van der Waals surface area contributed by atoms with Crippen LogP contribution in [0.5, 0.6) is 0 Å². The molecule has 0 unspecified atom stereocenters. The Morgan fingerprint density at radius 2 is 1.15 bits per heavy atom. The zero-order chi connectivity index (χ0) is 17.3. The molecule has 0 spiro atoms. The summed E-state index contributed by atoms with van der Waals surface area (Å²) in [5.41, 5.74) is 0.363. The molecule has 2 fully saturated rings. The third kappa shape index (κ3) is 10.1. The van der Waals surface area contributed by atoms with Crippen molar-refractivity contribution in [2.75, 3.05) is 13.2 Å². The molecule has 0 amide bonds. The highest BCUT2D eigenvalue weighted by Gasteiger charge is 2.40. The van der Waals surface area contributed by atoms with Crippen LogP contribution in [0.25, 0.3) is 0 Å². The molecule has 0 heterocycles. The molecule has 0 atom stereocenters. The van der Waals surface area contributed by atoms with Gasteiger partial charge in [-0.1, -0.05) is 43.6 Å². The molecule has 27 heavy (non-hydrogen) atoms. The van der Waals surface area contributed by atoms with Gasteiger partial charge in [0.2, 0.25) is 0 Å². The van der Waals surface area contributed by atoms with Crippen LogP contribution < -0.4 is 0 Å². The van der Waals surface area contributed by atoms with E-state index in [1.807, 2.05) is 0 Å². The molecule has 0 bridgehead atoms. The maximum absolute atomic E-state index is 8.84. The van der Waals surface area contributed by atoms with Gasteiger partial charge in [0, 0.05) is 0 Å². The molecule has 2 N–H and O–H groups in total. The van der Waals surface area contributed by atoms with E-state index in [1.165, 1.54) is 25.7 Å². The van der Waals surface area contributed by atoms with E-state index in [4.69, 9.17) is 15.1 Å². The van der Waals surface area contributed by atoms with Crippen LogP contribution in [0, 0.1) is 17.3 Å². The Morgan fingerprint density at radius 3 is 1.48 bits per heavy atom. The summed E-state index contributed by atoms with van der Waals surface area (Å²) in [4.78, 5) is 4.51. The lowest BCUT2D eigenvalue weighted by Gasteiger charge is -2.46. The third-order valence-electron chi connectivity index (χ3n) is 6.05. The summed E-state index contributed by atoms with van der Waals surface area (Å²) in [6.45, 7) is 11.5. The van der Waals surface area contributed by atoms with Crippen LogP contribution in [0.2, 0.25) is 0 Å². The lowest BCUT2D eigenvalue weighted by Crippen LogP contribution is -2.39. The normalized spacial score (nSPS) is 27.3. The summed E-state index contributed by atoms with van der Waals surface area (Å²) in [6.07, 6.45) is 9.44. The molecule has 0 saturated heterocycles. The molecule has 4 nitrogen and oxygen atoms in total. The van der Waals surface area contributed by atoms with Gasteiger partial charge < -0.3 is 9.84 Å². The molecular formula is C23H52O4. The largest absolute Gasteiger partial charge is 0.394 e. The average molecular weight is 393 g/mol. The molecule has 4 heteroatoms. The van der Waals surface area contributed by atoms with Gasteiger partial charge in [-0.15, -0.1) is 13.2 Å². The molecular weight excluding hydrogens is 340 g/mol. The SMILES string of the molecule is C.C.C.C.C=C.CC(C)(C1CCC(OO)CC1)C1CCC(OCCO)CC1. The van der Waals surface area contributed by atoms with Gasteiger partial charge in [-0.25, -0.2) is 4.89 Å². The molecule has 0 aliphatic heterocycles. The van der Waals surface area contributed by atoms with Gasteiger partial charge >= 0.3 is 0 Å². The highest BCUT2D eigenvalue weighted by atomic mass is 17.1. The summed E-state index contributed by atoms with van der Waals surface area (Å²) < 4.78 is 5.67. The molecule has 2 aliphatic carbocycles. The van der Waals surface area contributed by atoms with E-state index in [1.54, 1.807) is 0 Å². The first-order chi connectivity index (χ1) is 11.1. The van der Waals surface area contributed by atoms with Gasteiger partial charge in [-0.3, -0.25) is 5.26 Å². The first kappa shape index (κ1) is 34.1. The fraction of sp³-hybridized carbons (Fsp3) is 0.913. The fourth-order valence-electron chi connectivity index (χ4n) is 4.44. The number of aliphatic hydroxyl groups excluding tert-OH is 1. The van der Waals surface area contributed by atoms with Crippen molar-refractivity contribution in [1.29, 1.82) is 0 Å². The monoisotopic (exact) mass is 392 g/mol. The Morgan fingerprint density at radius 1 is 0.778 bits per heavy atom. The van der Waals surface area contributed by atoms with Gasteiger partial charge in [0.05, 0.1) is 25.4 Å². The predicted molar refractivity (Wildman–Crippen MR) is 120 cm³/mol. The van der Waals surface area contributed by atoms with Crippen LogP contribution in [-0.4, -0.2) is 35.8 Å². The van der Waals surface area contributed by atoms with Crippen LogP contribution >= 0.6 is 0 Å². The molecule has 0 aromatic carbocycles. The number of aliphatic hydroxyl groups is 1. The lowest BCUT2D eigenvalue weighted by atomic mass is 9.60. The van der Waals surface area contributed by atoms with Gasteiger partial charge in [0.15, 0.2) is 0 Å². The summed E-state index contributed by atoms with van der Waals surface area (Å²) in [7, 11) is 0. The molecule has 0 aromatic rings. The highest BCUT2D eigenvalue weighted by molar-refractivity contribution is 4.90. The summed E-state index contributed by atoms with van der Waals surface area (Å²) in [6, 6.07) is 0. The minimum Gasteiger partial charge on any atom is -0.394 e. The number of hydrogen-bond donors (Lipinski definition) is 2. The van der Waals surface area contributed by atoms with Crippen molar-refractivity contribution < 1.29 is 20.0 Å². The first-order valence-electron chi connectivity index (χ1n) is 9.10. The average Bonchev–Trinajstić information content (AvgIpc) is 2.62. The summed E-state index contributed by atoms with van der Waals surface area (Å²) in [5.74, 6) is 1.51. The van der Waals surface area contributed by atoms with Crippen molar-refractivity contribution in [2.24, 2.45) is 17.3 Å². The zero-order valence-electron chi connectivity index (χ0n) is 15.0. The minimum atomic E-state index is 0. The standard InChI is InChI=1S/C17H32O4.C2H4.4CH4/c1-17(2,14-5-9-16(21-19)10-6-14)13-3-7-15(8-4-13)20-12-11-18;1-2;;;;/h13-16,18-19H,3-12H2,1-2H3;1-2H2;4*1H4. The number of ether oxygens (including phenoxy) is 1. The highest BCUT2D eigenvalue weighted by Crippen LogP contribution is 2.48. The van der Waals surface area contributed by atoms with Crippen LogP contribution in [0.1, 0.15) is 94.9 Å². The Balaban J connectivity index is -0.000000426. The van der Waals surface area contributed by atoms with E-state index < -0.39 is 0 Å². The zero-order valence-corrected chi connectivity index (χ0v) is 15.0. The van der Waals surface area contributed by atoms with Gasteiger partial charge in [0.1, 0.15) is 0 Å². The third-order valence-corrected chi connectivity index (χ3v) is 6.05. The van der Waals surface area contributed by atoms with Crippen LogP contribution in [-0.2, 0) is 9.62 Å². The topological polar surface area (TPSA) is 58.9 Å². The van der Waals surface area contributed by atoms with E-state index in [9.17, 15) is 0 Å². The van der Waals surface area contributed by atoms with Crippen molar-refractivity contribution >= 4 is 0 Å². The minimum absolute atomic E-state index is 0. The Bertz CT molecular complexity index is 304. The lowest BCUT2D eigenvalue weighted by molar-refractivity contribution is -0.286. The number of rotatable bonds is 6. The second-order valence-electron chi connectivity index (χ2n) is 7.47. The van der Waals surface area contributed by atoms with E-state index in [0.717, 1.165) is 37.5 Å². The van der Waals surface area contributed by atoms with Crippen molar-refractivity contribution in [3.63, 3.8) is 0 Å². The molecule has 2 aliphatic rings. The molecule has 0 radical (unpaired) electrons. The quantitative estimate of drug-likeness (QED) is 0.291. The van der Waals surface area contributed by atoms with Gasteiger partial charge in [0.25, 0.3) is 0 Å². The molecule has 0 aromatic heterocycles. The van der Waals surface area contributed by atoms with Crippen LogP contribution in [0.4, 0.5) is 0 Å². The maximum atomic E-state index is 8.84. The van der Waals surface area contributed by atoms with Gasteiger partial charge in [-0.05, 0) is 68.6 Å². The Kier molecular flexibility index (Phi) is 22.3. The number of hydrogen-bond acceptors (Lipinski definition) is 4. The van der Waals surface area contributed by atoms with E-state index in [2.05, 4.69) is 31.9 Å². The Labute approximate surface area is 171 Å². The summed E-state index contributed by atoms with van der Waals surface area (Å²) >= 11 is 0. The Hall–Kier alpha value is -0.420. The molecule has 2 rings (SSSR count). The van der Waals surface area contributed by atoms with Crippen molar-refractivity contribution in [2.45, 2.75) is 107 Å². The van der Waals surface area contributed by atoms with Crippen LogP contribution in [0.15, 0.2) is 13.2 Å². The fourth-order valence-corrected chi connectivity index (χ4v) is 4.44. The molecule has 168 valence electrons. The maximum Gasteiger partial charge on any atom is 0.0927 e. The molecule has 2 saturated carbocycles. The van der Waals surface area contributed by atoms with E-state index >= 15 is 0 Å².